The molecule has 2 N–H and O–H groups in total. The smallest absolute Gasteiger partial charge is 0.122 e. The highest BCUT2D eigenvalue weighted by atomic mass is 32.1. The Hall–Kier alpha value is -1.36. The van der Waals surface area contributed by atoms with Gasteiger partial charge in [-0.05, 0) is 19.9 Å². The molecule has 0 aromatic carbocycles. The van der Waals surface area contributed by atoms with E-state index < -0.39 is 0 Å². The summed E-state index contributed by atoms with van der Waals surface area (Å²) < 4.78 is 1.77. The molecule has 0 saturated heterocycles. The van der Waals surface area contributed by atoms with Crippen LogP contribution in [0.2, 0.25) is 0 Å². The first-order chi connectivity index (χ1) is 6.68. The van der Waals surface area contributed by atoms with Gasteiger partial charge in [0.05, 0.1) is 22.9 Å². The number of thiazole rings is 1. The molecule has 2 aromatic rings. The molecular formula is C9H12N4S. The topological polar surface area (TPSA) is 56.7 Å². The van der Waals surface area contributed by atoms with Gasteiger partial charge in [0.2, 0.25) is 0 Å². The van der Waals surface area contributed by atoms with Crippen molar-refractivity contribution in [3.05, 3.63) is 28.3 Å². The Kier molecular flexibility index (Phi) is 2.25. The Labute approximate surface area is 86.4 Å². The highest BCUT2D eigenvalue weighted by molar-refractivity contribution is 7.09. The highest BCUT2D eigenvalue weighted by Gasteiger charge is 2.13. The Morgan fingerprint density at radius 2 is 2.36 bits per heavy atom. The molecule has 5 heteroatoms. The molecule has 2 rings (SSSR count). The fourth-order valence-electron chi connectivity index (χ4n) is 1.35. The lowest BCUT2D eigenvalue weighted by Gasteiger charge is -2.10. The van der Waals surface area contributed by atoms with Gasteiger partial charge in [-0.25, -0.2) is 9.67 Å². The van der Waals surface area contributed by atoms with Crippen molar-refractivity contribution in [2.24, 2.45) is 0 Å². The molecule has 1 unspecified atom stereocenters. The molecular weight excluding hydrogens is 196 g/mol. The number of nitrogens with two attached hydrogens (primary N) is 1. The predicted octanol–water partition coefficient (Wildman–Crippen LogP) is 1.84. The largest absolute Gasteiger partial charge is 0.384 e. The number of hydrogen-bond acceptors (Lipinski definition) is 4. The fourth-order valence-corrected chi connectivity index (χ4v) is 2.04. The third kappa shape index (κ3) is 1.50. The number of rotatable bonds is 2. The van der Waals surface area contributed by atoms with Crippen molar-refractivity contribution < 1.29 is 0 Å². The van der Waals surface area contributed by atoms with E-state index in [0.29, 0.717) is 5.82 Å². The van der Waals surface area contributed by atoms with Crippen LogP contribution in [0, 0.1) is 6.92 Å². The van der Waals surface area contributed by atoms with Crippen LogP contribution < -0.4 is 5.73 Å². The summed E-state index contributed by atoms with van der Waals surface area (Å²) in [5.41, 5.74) is 6.78. The molecule has 1 atom stereocenters. The van der Waals surface area contributed by atoms with Gasteiger partial charge in [0.15, 0.2) is 0 Å². The van der Waals surface area contributed by atoms with Gasteiger partial charge in [0.25, 0.3) is 0 Å². The maximum absolute atomic E-state index is 5.76. The molecule has 0 amide bonds. The lowest BCUT2D eigenvalue weighted by molar-refractivity contribution is 0.561. The van der Waals surface area contributed by atoms with Crippen molar-refractivity contribution in [3.8, 4) is 0 Å². The van der Waals surface area contributed by atoms with E-state index in [-0.39, 0.29) is 6.04 Å². The van der Waals surface area contributed by atoms with E-state index in [1.165, 1.54) is 0 Å². The van der Waals surface area contributed by atoms with Gasteiger partial charge in [0, 0.05) is 5.38 Å². The average Bonchev–Trinajstić information content (AvgIpc) is 2.73. The zero-order valence-corrected chi connectivity index (χ0v) is 8.95. The van der Waals surface area contributed by atoms with Crippen molar-refractivity contribution in [2.75, 3.05) is 5.73 Å². The van der Waals surface area contributed by atoms with Crippen LogP contribution in [0.4, 0.5) is 5.82 Å². The van der Waals surface area contributed by atoms with Crippen LogP contribution in [0.25, 0.3) is 0 Å². The monoisotopic (exact) mass is 208 g/mol. The van der Waals surface area contributed by atoms with Gasteiger partial charge in [-0.3, -0.25) is 0 Å². The summed E-state index contributed by atoms with van der Waals surface area (Å²) in [6, 6.07) is 1.89. The van der Waals surface area contributed by atoms with E-state index >= 15 is 0 Å². The molecule has 0 aliphatic carbocycles. The van der Waals surface area contributed by atoms with E-state index in [0.717, 1.165) is 10.7 Å². The second-order valence-electron chi connectivity index (χ2n) is 3.17. The van der Waals surface area contributed by atoms with Crippen molar-refractivity contribution >= 4 is 17.2 Å². The molecule has 0 bridgehead atoms. The van der Waals surface area contributed by atoms with Crippen molar-refractivity contribution in [3.63, 3.8) is 0 Å². The van der Waals surface area contributed by atoms with E-state index in [2.05, 4.69) is 10.1 Å². The lowest BCUT2D eigenvalue weighted by Crippen LogP contribution is -2.11. The summed E-state index contributed by atoms with van der Waals surface area (Å²) in [4.78, 5) is 4.41. The van der Waals surface area contributed by atoms with E-state index in [9.17, 15) is 0 Å². The molecule has 0 radical (unpaired) electrons. The Balaban J connectivity index is 2.33. The van der Waals surface area contributed by atoms with Crippen LogP contribution in [-0.4, -0.2) is 14.8 Å². The number of aryl methyl sites for hydroxylation is 1. The number of hydrogen-bond donors (Lipinski definition) is 1. The minimum absolute atomic E-state index is 0.106. The summed E-state index contributed by atoms with van der Waals surface area (Å²) in [7, 11) is 0. The minimum atomic E-state index is 0.106. The zero-order chi connectivity index (χ0) is 10.1. The third-order valence-corrected chi connectivity index (χ3v) is 2.92. The van der Waals surface area contributed by atoms with E-state index in [1.807, 2.05) is 19.2 Å². The first-order valence-electron chi connectivity index (χ1n) is 4.39. The van der Waals surface area contributed by atoms with Gasteiger partial charge >= 0.3 is 0 Å². The normalized spacial score (nSPS) is 13.0. The van der Waals surface area contributed by atoms with Crippen molar-refractivity contribution in [1.29, 1.82) is 0 Å². The number of nitrogen functional groups attached to an aromatic ring is 1. The van der Waals surface area contributed by atoms with Crippen LogP contribution in [0.1, 0.15) is 23.7 Å². The molecule has 2 heterocycles. The summed E-state index contributed by atoms with van der Waals surface area (Å²) in [5, 5.41) is 7.27. The van der Waals surface area contributed by atoms with Crippen LogP contribution in [0.15, 0.2) is 17.6 Å². The number of anilines is 1. The minimum Gasteiger partial charge on any atom is -0.384 e. The van der Waals surface area contributed by atoms with Crippen molar-refractivity contribution in [2.45, 2.75) is 19.9 Å². The first-order valence-corrected chi connectivity index (χ1v) is 5.27. The van der Waals surface area contributed by atoms with Gasteiger partial charge in [0.1, 0.15) is 5.82 Å². The third-order valence-electron chi connectivity index (χ3n) is 2.13. The van der Waals surface area contributed by atoms with Gasteiger partial charge in [-0.2, -0.15) is 5.10 Å². The summed E-state index contributed by atoms with van der Waals surface area (Å²) >= 11 is 1.64. The molecule has 2 aromatic heterocycles. The second kappa shape index (κ2) is 3.42. The predicted molar refractivity (Wildman–Crippen MR) is 57.3 cm³/mol. The van der Waals surface area contributed by atoms with Gasteiger partial charge in [-0.1, -0.05) is 0 Å². The Morgan fingerprint density at radius 3 is 2.86 bits per heavy atom. The Bertz CT molecular complexity index is 431. The van der Waals surface area contributed by atoms with Crippen LogP contribution in [0.3, 0.4) is 0 Å². The van der Waals surface area contributed by atoms with Crippen molar-refractivity contribution in [1.82, 2.24) is 14.8 Å². The molecule has 0 aliphatic heterocycles. The molecule has 14 heavy (non-hydrogen) atoms. The summed E-state index contributed by atoms with van der Waals surface area (Å²) in [6.07, 6.45) is 1.70. The SMILES string of the molecule is Cc1nc(C(C)n2nccc2N)cs1. The maximum atomic E-state index is 5.76. The van der Waals surface area contributed by atoms with Gasteiger partial charge in [-0.15, -0.1) is 11.3 Å². The maximum Gasteiger partial charge on any atom is 0.122 e. The standard InChI is InChI=1S/C9H12N4S/c1-6(8-5-14-7(2)12-8)13-9(10)3-4-11-13/h3-6H,10H2,1-2H3. The first kappa shape index (κ1) is 9.21. The average molecular weight is 208 g/mol. The van der Waals surface area contributed by atoms with Crippen LogP contribution in [-0.2, 0) is 0 Å². The number of nitrogens with zero attached hydrogens (tertiary/aromatic N) is 3. The van der Waals surface area contributed by atoms with Gasteiger partial charge < -0.3 is 5.73 Å². The molecule has 0 fully saturated rings. The summed E-state index contributed by atoms with van der Waals surface area (Å²) in [6.45, 7) is 4.03. The fraction of sp³-hybridized carbons (Fsp3) is 0.333. The molecule has 0 aliphatic rings. The van der Waals surface area contributed by atoms with E-state index in [1.54, 1.807) is 28.3 Å². The quantitative estimate of drug-likeness (QED) is 0.819. The molecule has 74 valence electrons. The lowest BCUT2D eigenvalue weighted by atomic mass is 10.3. The highest BCUT2D eigenvalue weighted by Crippen LogP contribution is 2.21. The molecule has 0 spiro atoms. The molecule has 0 saturated carbocycles. The van der Waals surface area contributed by atoms with E-state index in [4.69, 9.17) is 5.73 Å². The summed E-state index contributed by atoms with van der Waals surface area (Å²) in [5.74, 6) is 0.670. The second-order valence-corrected chi connectivity index (χ2v) is 4.23. The molecule has 4 nitrogen and oxygen atoms in total. The zero-order valence-electron chi connectivity index (χ0n) is 8.14. The van der Waals surface area contributed by atoms with Crippen LogP contribution in [0.5, 0.6) is 0 Å². The van der Waals surface area contributed by atoms with Crippen LogP contribution >= 0.6 is 11.3 Å². The Morgan fingerprint density at radius 1 is 1.57 bits per heavy atom. The number of aromatic nitrogens is 3.